The Morgan fingerprint density at radius 3 is 2.86 bits per heavy atom. The van der Waals surface area contributed by atoms with Crippen molar-refractivity contribution < 1.29 is 27.5 Å². The van der Waals surface area contributed by atoms with Gasteiger partial charge in [0.25, 0.3) is 5.91 Å². The summed E-state index contributed by atoms with van der Waals surface area (Å²) in [6.45, 7) is 1.81. The van der Waals surface area contributed by atoms with E-state index in [0.717, 1.165) is 11.1 Å². The maximum absolute atomic E-state index is 13.4. The van der Waals surface area contributed by atoms with Crippen LogP contribution in [0.4, 0.5) is 19.0 Å². The van der Waals surface area contributed by atoms with Crippen LogP contribution in [-0.4, -0.2) is 40.6 Å². The highest BCUT2D eigenvalue weighted by Gasteiger charge is 2.47. The molecule has 0 bridgehead atoms. The summed E-state index contributed by atoms with van der Waals surface area (Å²) in [4.78, 5) is 29.8. The molecular weight excluding hydrogens is 489 g/mol. The number of carbonyl (C=O) groups excluding carboxylic acids is 2. The van der Waals surface area contributed by atoms with Crippen LogP contribution >= 0.6 is 0 Å². The highest BCUT2D eigenvalue weighted by Crippen LogP contribution is 2.45. The average Bonchev–Trinajstić information content (AvgIpc) is 3.35. The van der Waals surface area contributed by atoms with Gasteiger partial charge in [-0.3, -0.25) is 9.59 Å². The summed E-state index contributed by atoms with van der Waals surface area (Å²) in [5.74, 6) is -0.681. The van der Waals surface area contributed by atoms with Gasteiger partial charge in [0.05, 0.1) is 23.2 Å². The Hall–Kier alpha value is -4.14. The van der Waals surface area contributed by atoms with Gasteiger partial charge in [0, 0.05) is 19.6 Å². The third-order valence-corrected chi connectivity index (χ3v) is 6.83. The van der Waals surface area contributed by atoms with E-state index in [9.17, 15) is 28.0 Å². The molecule has 5 rings (SSSR count). The van der Waals surface area contributed by atoms with E-state index in [1.807, 2.05) is 6.92 Å². The predicted octanol–water partition coefficient (Wildman–Crippen LogP) is 3.57. The van der Waals surface area contributed by atoms with Crippen molar-refractivity contribution in [3.63, 3.8) is 0 Å². The molecule has 0 saturated heterocycles. The van der Waals surface area contributed by atoms with E-state index in [4.69, 9.17) is 4.74 Å². The number of carbonyl (C=O) groups is 2. The lowest BCUT2D eigenvalue weighted by Crippen LogP contribution is -2.49. The van der Waals surface area contributed by atoms with Crippen molar-refractivity contribution >= 4 is 29.7 Å². The molecule has 1 spiro atoms. The number of fused-ring (bicyclic) bond motifs is 3. The number of nitrogens with zero attached hydrogens (tertiary/aromatic N) is 4. The number of halogens is 3. The molecule has 2 N–H and O–H groups in total. The lowest BCUT2D eigenvalue weighted by molar-refractivity contribution is -0.153. The van der Waals surface area contributed by atoms with E-state index in [1.165, 1.54) is 23.9 Å². The highest BCUT2D eigenvalue weighted by atomic mass is 19.4. The molecule has 2 amide bonds. The first-order chi connectivity index (χ1) is 17.5. The second kappa shape index (κ2) is 8.76. The molecule has 2 aromatic rings. The molecule has 3 aliphatic rings. The van der Waals surface area contributed by atoms with Gasteiger partial charge in [-0.25, -0.2) is 4.99 Å². The zero-order chi connectivity index (χ0) is 26.5. The number of hydrogen-bond acceptors (Lipinski definition) is 6. The molecular formula is C25H23F3N6O3. The molecule has 2 unspecified atom stereocenters. The zero-order valence-corrected chi connectivity index (χ0v) is 20.0. The molecule has 192 valence electrons. The van der Waals surface area contributed by atoms with Crippen LogP contribution in [-0.2, 0) is 23.2 Å². The van der Waals surface area contributed by atoms with E-state index >= 15 is 0 Å². The molecule has 3 heterocycles. The van der Waals surface area contributed by atoms with Gasteiger partial charge in [0.2, 0.25) is 5.91 Å². The van der Waals surface area contributed by atoms with Gasteiger partial charge >= 0.3 is 6.18 Å². The number of ether oxygens (including phenoxy) is 1. The largest absolute Gasteiger partial charge is 0.484 e. The predicted molar refractivity (Wildman–Crippen MR) is 127 cm³/mol. The first kappa shape index (κ1) is 24.5. The minimum Gasteiger partial charge on any atom is -0.484 e. The Labute approximate surface area is 210 Å². The number of benzene rings is 1. The van der Waals surface area contributed by atoms with Crippen molar-refractivity contribution in [2.75, 3.05) is 11.9 Å². The number of alkyl halides is 3. The van der Waals surface area contributed by atoms with E-state index in [2.05, 4.69) is 26.8 Å². The molecule has 0 fully saturated rings. The maximum atomic E-state index is 13.4. The fourth-order valence-electron chi connectivity index (χ4n) is 5.13. The van der Waals surface area contributed by atoms with E-state index in [0.29, 0.717) is 30.8 Å². The summed E-state index contributed by atoms with van der Waals surface area (Å²) >= 11 is 0. The number of anilines is 1. The molecule has 1 aliphatic carbocycles. The Kier molecular flexibility index (Phi) is 5.81. The van der Waals surface area contributed by atoms with Crippen LogP contribution in [0.25, 0.3) is 5.82 Å². The highest BCUT2D eigenvalue weighted by molar-refractivity contribution is 6.05. The van der Waals surface area contributed by atoms with E-state index in [-0.39, 0.29) is 23.0 Å². The van der Waals surface area contributed by atoms with Crippen molar-refractivity contribution in [2.24, 2.45) is 16.8 Å². The summed E-state index contributed by atoms with van der Waals surface area (Å²) in [6.07, 6.45) is 0.223. The fourth-order valence-corrected chi connectivity index (χ4v) is 5.13. The number of hydrogen-bond donors (Lipinski definition) is 2. The van der Waals surface area contributed by atoms with Gasteiger partial charge in [-0.15, -0.1) is 0 Å². The Balaban J connectivity index is 1.51. The van der Waals surface area contributed by atoms with Crippen LogP contribution in [0.5, 0.6) is 5.75 Å². The van der Waals surface area contributed by atoms with Crippen molar-refractivity contribution in [3.05, 3.63) is 46.7 Å². The van der Waals surface area contributed by atoms with Gasteiger partial charge in [0.1, 0.15) is 11.3 Å². The topological polar surface area (TPSA) is 121 Å². The Bertz CT molecular complexity index is 1400. The first-order valence-corrected chi connectivity index (χ1v) is 11.7. The molecule has 1 aromatic heterocycles. The summed E-state index contributed by atoms with van der Waals surface area (Å²) in [6, 6.07) is 6.90. The summed E-state index contributed by atoms with van der Waals surface area (Å²) in [5.41, 5.74) is 1.48. The van der Waals surface area contributed by atoms with Gasteiger partial charge in [-0.1, -0.05) is 13.0 Å². The third-order valence-electron chi connectivity index (χ3n) is 6.83. The number of rotatable bonds is 4. The molecule has 0 saturated carbocycles. The van der Waals surface area contributed by atoms with Crippen molar-refractivity contribution in [1.82, 2.24) is 15.1 Å². The molecule has 1 aromatic carbocycles. The molecule has 0 radical (unpaired) electrons. The van der Waals surface area contributed by atoms with Gasteiger partial charge in [-0.2, -0.15) is 28.2 Å². The lowest BCUT2D eigenvalue weighted by Gasteiger charge is -2.35. The van der Waals surface area contributed by atoms with Crippen LogP contribution in [0.15, 0.2) is 29.3 Å². The van der Waals surface area contributed by atoms with Crippen LogP contribution in [0.2, 0.25) is 0 Å². The van der Waals surface area contributed by atoms with Gasteiger partial charge in [-0.05, 0) is 48.1 Å². The van der Waals surface area contributed by atoms with Gasteiger partial charge in [0.15, 0.2) is 18.2 Å². The quantitative estimate of drug-likeness (QED) is 0.649. The smallest absolute Gasteiger partial charge is 0.422 e. The van der Waals surface area contributed by atoms with Crippen LogP contribution in [0.1, 0.15) is 47.4 Å². The number of nitrogens with one attached hydrogen (secondary N) is 2. The molecule has 9 nitrogen and oxygen atoms in total. The average molecular weight is 512 g/mol. The maximum Gasteiger partial charge on any atom is 0.422 e. The summed E-state index contributed by atoms with van der Waals surface area (Å²) in [5, 5.41) is 19.7. The van der Waals surface area contributed by atoms with Crippen LogP contribution in [0, 0.1) is 23.2 Å². The number of aromatic nitrogens is 2. The zero-order valence-electron chi connectivity index (χ0n) is 20.0. The van der Waals surface area contributed by atoms with Crippen molar-refractivity contribution in [3.8, 4) is 11.8 Å². The van der Waals surface area contributed by atoms with E-state index in [1.54, 1.807) is 18.2 Å². The number of amides is 2. The Morgan fingerprint density at radius 1 is 1.41 bits per heavy atom. The lowest BCUT2D eigenvalue weighted by atomic mass is 9.82. The van der Waals surface area contributed by atoms with Gasteiger partial charge < -0.3 is 15.4 Å². The number of aryl methyl sites for hydroxylation is 1. The number of nitriles is 1. The third kappa shape index (κ3) is 4.45. The monoisotopic (exact) mass is 512 g/mol. The number of allylic oxidation sites excluding steroid dienone is 1. The molecule has 37 heavy (non-hydrogen) atoms. The molecule has 2 aliphatic heterocycles. The molecule has 12 heteroatoms. The van der Waals surface area contributed by atoms with Crippen molar-refractivity contribution in [2.45, 2.75) is 44.8 Å². The summed E-state index contributed by atoms with van der Waals surface area (Å²) < 4.78 is 44.0. The number of aliphatic imine (C=N–C) groups is 1. The fraction of sp³-hybridized carbons (Fsp3) is 0.400. The standard InChI is InChI=1S/C25H23F3N6O3/c1-13-7-20(30-11-16(13)10-29)34-22(31-14(2)35)21-19(33-34)9-24(32-23(21)36)6-5-15-8-17(3-4-18(15)24)37-12-25(26,27)28/h3-4,7-8,11,13,16H,5-6,9,12H2,1-2H3,(H,31,35)(H,32,36)/t13?,16?,24-/m0/s1. The van der Waals surface area contributed by atoms with Crippen LogP contribution < -0.4 is 15.4 Å². The van der Waals surface area contributed by atoms with E-state index < -0.39 is 36.1 Å². The minimum atomic E-state index is -4.44. The SMILES string of the molecule is CC(=O)Nc1c2c(nn1C1=CC(C)C(C#N)C=N1)C[C@]1(CCc3cc(OCC(F)(F)F)ccc31)NC2=O. The normalized spacial score (nSPS) is 24.1. The second-order valence-corrected chi connectivity index (χ2v) is 9.52. The van der Waals surface area contributed by atoms with Crippen molar-refractivity contribution in [1.29, 1.82) is 5.26 Å². The summed E-state index contributed by atoms with van der Waals surface area (Å²) in [7, 11) is 0. The first-order valence-electron chi connectivity index (χ1n) is 11.7. The van der Waals surface area contributed by atoms with Crippen LogP contribution in [0.3, 0.4) is 0 Å². The minimum absolute atomic E-state index is 0.111. The Morgan fingerprint density at radius 2 is 2.19 bits per heavy atom. The molecule has 3 atom stereocenters. The second-order valence-electron chi connectivity index (χ2n) is 9.52.